The number of nitrogens with zero attached hydrogens (tertiary/aromatic N) is 1. The normalized spacial score (nSPS) is 30.2. The smallest absolute Gasteiger partial charge is 0.244 e. The third kappa shape index (κ3) is 4.67. The third-order valence-electron chi connectivity index (χ3n) is 8.09. The number of nitrogens with one attached hydrogen (secondary N) is 2. The number of alkyl halides is 1. The third-order valence-corrected chi connectivity index (χ3v) is 11.3. The number of thioether (sulfide) groups is 1. The molecule has 3 fully saturated rings. The lowest BCUT2D eigenvalue weighted by Gasteiger charge is -2.37. The molecule has 0 radical (unpaired) electrons. The number of carbonyl (C=O) groups is 3. The molecule has 2 aromatic rings. The summed E-state index contributed by atoms with van der Waals surface area (Å²) in [6, 6.07) is 17.1. The van der Waals surface area contributed by atoms with Crippen LogP contribution in [-0.2, 0) is 14.4 Å². The Labute approximate surface area is 236 Å². The van der Waals surface area contributed by atoms with E-state index in [2.05, 4.69) is 33.5 Å². The summed E-state index contributed by atoms with van der Waals surface area (Å²) in [5.74, 6) is -1.89. The predicted octanol–water partition coefficient (Wildman–Crippen LogP) is 4.13. The first-order chi connectivity index (χ1) is 18.4. The van der Waals surface area contributed by atoms with Crippen molar-refractivity contribution in [3.63, 3.8) is 0 Å². The highest BCUT2D eigenvalue weighted by molar-refractivity contribution is 9.09. The molecule has 1 spiro atoms. The SMILES string of the molecule is CCCCCNC(=O)C1N([C@H](CO)c2ccccc2)C(=O)[C@@H]2[C@@H](C(=O)Nc3ccccc3)[C@@H]3SC12CC3Br. The van der Waals surface area contributed by atoms with Crippen LogP contribution in [0.2, 0.25) is 0 Å². The van der Waals surface area contributed by atoms with Gasteiger partial charge in [0.25, 0.3) is 0 Å². The number of anilines is 1. The molecule has 3 aliphatic rings. The van der Waals surface area contributed by atoms with Crippen molar-refractivity contribution in [3.05, 3.63) is 66.2 Å². The molecule has 3 amide bonds. The van der Waals surface area contributed by atoms with Gasteiger partial charge in [0.1, 0.15) is 6.04 Å². The second-order valence-electron chi connectivity index (χ2n) is 10.4. The van der Waals surface area contributed by atoms with Crippen molar-refractivity contribution in [2.75, 3.05) is 18.5 Å². The standard InChI is InChI=1S/C29H34BrN3O4S/c1-2-3-10-15-31-27(36)25-29-16-20(30)24(38-29)22(26(35)32-19-13-8-5-9-14-19)23(29)28(37)33(25)21(17-34)18-11-6-4-7-12-18/h4-9,11-14,20-25,34H,2-3,10,15-17H2,1H3,(H,31,36)(H,32,35)/t20?,21-,22-,23+,24-,25?,29?/m1/s1. The minimum Gasteiger partial charge on any atom is -0.394 e. The molecule has 38 heavy (non-hydrogen) atoms. The number of benzene rings is 2. The van der Waals surface area contributed by atoms with E-state index in [1.54, 1.807) is 16.7 Å². The first kappa shape index (κ1) is 27.2. The van der Waals surface area contributed by atoms with E-state index in [4.69, 9.17) is 0 Å². The maximum Gasteiger partial charge on any atom is 0.244 e. The molecule has 3 aliphatic heterocycles. The van der Waals surface area contributed by atoms with Gasteiger partial charge in [-0.2, -0.15) is 0 Å². The van der Waals surface area contributed by atoms with Gasteiger partial charge in [0.05, 0.1) is 29.2 Å². The van der Waals surface area contributed by atoms with Gasteiger partial charge < -0.3 is 20.6 Å². The fourth-order valence-electron chi connectivity index (χ4n) is 6.46. The van der Waals surface area contributed by atoms with Crippen LogP contribution in [0, 0.1) is 11.8 Å². The highest BCUT2D eigenvalue weighted by atomic mass is 79.9. The maximum absolute atomic E-state index is 14.3. The second-order valence-corrected chi connectivity index (χ2v) is 13.1. The molecule has 2 aromatic carbocycles. The summed E-state index contributed by atoms with van der Waals surface area (Å²) in [5, 5.41) is 16.5. The van der Waals surface area contributed by atoms with Crippen molar-refractivity contribution in [2.24, 2.45) is 11.8 Å². The van der Waals surface area contributed by atoms with Gasteiger partial charge in [0.15, 0.2) is 0 Å². The molecule has 3 heterocycles. The minimum absolute atomic E-state index is 0.0114. The van der Waals surface area contributed by atoms with E-state index in [0.717, 1.165) is 24.8 Å². The number of carbonyl (C=O) groups excluding carboxylic acids is 3. The Hall–Kier alpha value is -2.36. The quantitative estimate of drug-likeness (QED) is 0.282. The molecular formula is C29H34BrN3O4S. The number of hydrogen-bond donors (Lipinski definition) is 3. The molecule has 2 bridgehead atoms. The Morgan fingerprint density at radius 2 is 1.79 bits per heavy atom. The molecule has 3 unspecified atom stereocenters. The lowest BCUT2D eigenvalue weighted by Crippen LogP contribution is -2.55. The van der Waals surface area contributed by atoms with Crippen LogP contribution in [-0.4, -0.2) is 61.7 Å². The lowest BCUT2D eigenvalue weighted by atomic mass is 9.70. The minimum atomic E-state index is -0.788. The number of rotatable bonds is 10. The molecule has 7 atom stereocenters. The van der Waals surface area contributed by atoms with Crippen LogP contribution in [0.25, 0.3) is 0 Å². The summed E-state index contributed by atoms with van der Waals surface area (Å²) in [7, 11) is 0. The zero-order chi connectivity index (χ0) is 26.9. The van der Waals surface area contributed by atoms with Crippen molar-refractivity contribution in [1.82, 2.24) is 10.2 Å². The van der Waals surface area contributed by atoms with Crippen LogP contribution in [0.4, 0.5) is 5.69 Å². The first-order valence-corrected chi connectivity index (χ1v) is 15.2. The highest BCUT2D eigenvalue weighted by Crippen LogP contribution is 2.68. The number of aliphatic hydroxyl groups is 1. The maximum atomic E-state index is 14.3. The summed E-state index contributed by atoms with van der Waals surface area (Å²) >= 11 is 5.40. The summed E-state index contributed by atoms with van der Waals surface area (Å²) in [6.45, 7) is 2.33. The Bertz CT molecular complexity index is 1170. The highest BCUT2D eigenvalue weighted by Gasteiger charge is 2.76. The lowest BCUT2D eigenvalue weighted by molar-refractivity contribution is -0.142. The molecular weight excluding hydrogens is 566 g/mol. The van der Waals surface area contributed by atoms with Gasteiger partial charge >= 0.3 is 0 Å². The zero-order valence-electron chi connectivity index (χ0n) is 21.4. The number of hydrogen-bond acceptors (Lipinski definition) is 5. The zero-order valence-corrected chi connectivity index (χ0v) is 23.8. The van der Waals surface area contributed by atoms with Gasteiger partial charge in [-0.3, -0.25) is 14.4 Å². The number of aliphatic hydroxyl groups excluding tert-OH is 1. The van der Waals surface area contributed by atoms with E-state index in [1.165, 1.54) is 0 Å². The van der Waals surface area contributed by atoms with E-state index >= 15 is 0 Å². The van der Waals surface area contributed by atoms with Crippen molar-refractivity contribution in [2.45, 2.75) is 59.5 Å². The Kier molecular flexibility index (Phi) is 8.16. The fourth-order valence-corrected chi connectivity index (χ4v) is 10.1. The van der Waals surface area contributed by atoms with Crippen molar-refractivity contribution in [1.29, 1.82) is 0 Å². The largest absolute Gasteiger partial charge is 0.394 e. The number of para-hydroxylation sites is 1. The molecule has 202 valence electrons. The molecule has 3 N–H and O–H groups in total. The van der Waals surface area contributed by atoms with Crippen LogP contribution >= 0.6 is 27.7 Å². The average molecular weight is 601 g/mol. The number of amides is 3. The van der Waals surface area contributed by atoms with E-state index < -0.39 is 28.7 Å². The predicted molar refractivity (Wildman–Crippen MR) is 153 cm³/mol. The summed E-state index contributed by atoms with van der Waals surface area (Å²) < 4.78 is -0.758. The molecule has 5 rings (SSSR count). The first-order valence-electron chi connectivity index (χ1n) is 13.4. The second kappa shape index (κ2) is 11.4. The summed E-state index contributed by atoms with van der Waals surface area (Å²) in [5.41, 5.74) is 1.44. The van der Waals surface area contributed by atoms with Crippen LogP contribution in [0.3, 0.4) is 0 Å². The number of likely N-dealkylation sites (tertiary alicyclic amines) is 1. The van der Waals surface area contributed by atoms with Gasteiger partial charge in [-0.1, -0.05) is 84.2 Å². The van der Waals surface area contributed by atoms with Crippen LogP contribution < -0.4 is 10.6 Å². The Balaban J connectivity index is 1.53. The topological polar surface area (TPSA) is 98.7 Å². The molecule has 3 saturated heterocycles. The van der Waals surface area contributed by atoms with E-state index in [0.29, 0.717) is 18.7 Å². The molecule has 0 saturated carbocycles. The van der Waals surface area contributed by atoms with E-state index in [1.807, 2.05) is 60.7 Å². The van der Waals surface area contributed by atoms with Gasteiger partial charge in [-0.25, -0.2) is 0 Å². The molecule has 0 aromatic heterocycles. The summed E-state index contributed by atoms with van der Waals surface area (Å²) in [4.78, 5) is 43.5. The van der Waals surface area contributed by atoms with Crippen molar-refractivity contribution in [3.8, 4) is 0 Å². The van der Waals surface area contributed by atoms with Crippen LogP contribution in [0.15, 0.2) is 60.7 Å². The monoisotopic (exact) mass is 599 g/mol. The van der Waals surface area contributed by atoms with Crippen molar-refractivity contribution < 1.29 is 19.5 Å². The van der Waals surface area contributed by atoms with Gasteiger partial charge in [-0.15, -0.1) is 11.8 Å². The fraction of sp³-hybridized carbons (Fsp3) is 0.483. The van der Waals surface area contributed by atoms with Crippen LogP contribution in [0.5, 0.6) is 0 Å². The van der Waals surface area contributed by atoms with Crippen molar-refractivity contribution >= 4 is 51.1 Å². The van der Waals surface area contributed by atoms with Crippen LogP contribution in [0.1, 0.15) is 44.2 Å². The van der Waals surface area contributed by atoms with E-state index in [-0.39, 0.29) is 34.4 Å². The summed E-state index contributed by atoms with van der Waals surface area (Å²) in [6.07, 6.45) is 3.51. The van der Waals surface area contributed by atoms with Gasteiger partial charge in [0, 0.05) is 22.3 Å². The number of halogens is 1. The molecule has 7 nitrogen and oxygen atoms in total. The number of fused-ring (bicyclic) bond motifs is 1. The molecule has 9 heteroatoms. The number of unbranched alkanes of at least 4 members (excludes halogenated alkanes) is 2. The Morgan fingerprint density at radius 1 is 1.11 bits per heavy atom. The molecule has 0 aliphatic carbocycles. The average Bonchev–Trinajstić information content (AvgIpc) is 3.52. The van der Waals surface area contributed by atoms with E-state index in [9.17, 15) is 19.5 Å². The van der Waals surface area contributed by atoms with Gasteiger partial charge in [0.2, 0.25) is 17.7 Å². The van der Waals surface area contributed by atoms with Gasteiger partial charge in [-0.05, 0) is 30.5 Å². The Morgan fingerprint density at radius 3 is 2.45 bits per heavy atom.